The van der Waals surface area contributed by atoms with Gasteiger partial charge in [-0.3, -0.25) is 19.2 Å². The molecule has 35 heavy (non-hydrogen) atoms. The zero-order valence-electron chi connectivity index (χ0n) is 21.5. The maximum atomic E-state index is 10.9. The van der Waals surface area contributed by atoms with Crippen LogP contribution >= 0.6 is 0 Å². The molecule has 1 saturated carbocycles. The monoisotopic (exact) mass is 498 g/mol. The molecule has 0 aromatic carbocycles. The second-order valence-corrected chi connectivity index (χ2v) is 10.7. The van der Waals surface area contributed by atoms with Crippen molar-refractivity contribution < 1.29 is 39.6 Å². The molecule has 1 fully saturated rings. The van der Waals surface area contributed by atoms with Gasteiger partial charge in [-0.05, 0) is 55.8 Å². The summed E-state index contributed by atoms with van der Waals surface area (Å²) in [4.78, 5) is 43.7. The van der Waals surface area contributed by atoms with Gasteiger partial charge in [-0.2, -0.15) is 0 Å². The minimum absolute atomic E-state index is 0.198. The van der Waals surface area contributed by atoms with Crippen LogP contribution in [0.25, 0.3) is 0 Å². The van der Waals surface area contributed by atoms with Gasteiger partial charge in [0.05, 0.1) is 0 Å². The molecule has 0 heterocycles. The zero-order chi connectivity index (χ0) is 26.4. The molecule has 202 valence electrons. The Balaban J connectivity index is 2.22. The van der Waals surface area contributed by atoms with Crippen LogP contribution in [0.4, 0.5) is 0 Å². The van der Waals surface area contributed by atoms with Crippen molar-refractivity contribution in [3.8, 4) is 0 Å². The van der Waals surface area contributed by atoms with Gasteiger partial charge in [0.2, 0.25) is 0 Å². The van der Waals surface area contributed by atoms with Crippen LogP contribution < -0.4 is 0 Å². The van der Waals surface area contributed by atoms with Crippen LogP contribution in [0.5, 0.6) is 0 Å². The van der Waals surface area contributed by atoms with Crippen LogP contribution in [-0.2, 0) is 19.2 Å². The van der Waals surface area contributed by atoms with E-state index in [9.17, 15) is 19.2 Å². The van der Waals surface area contributed by atoms with E-state index in [1.54, 1.807) is 0 Å². The lowest BCUT2D eigenvalue weighted by Gasteiger charge is -2.25. The standard InChI is InChI=1S/C27H46O8/c1-18-17-19(2)21(14-10-6-4-8-12-16-23(26(32)33)27(34)35)20(18)13-9-5-3-7-11-15-22(24(28)29)25(30)31/h18-23H,3-17H2,1-2H3,(H,28,29)(H,30,31)(H,32,33)(H,34,35). The Hall–Kier alpha value is -2.12. The number of carboxylic acid groups (broad SMARTS) is 4. The van der Waals surface area contributed by atoms with Gasteiger partial charge in [-0.15, -0.1) is 0 Å². The first kappa shape index (κ1) is 30.9. The molecule has 0 aromatic rings. The Kier molecular flexibility index (Phi) is 14.6. The Morgan fingerprint density at radius 3 is 1.14 bits per heavy atom. The number of carboxylic acids is 4. The van der Waals surface area contributed by atoms with Crippen LogP contribution in [0.1, 0.15) is 110 Å². The van der Waals surface area contributed by atoms with Crippen molar-refractivity contribution in [1.82, 2.24) is 0 Å². The van der Waals surface area contributed by atoms with Gasteiger partial charge < -0.3 is 20.4 Å². The second kappa shape index (κ2) is 16.5. The second-order valence-electron chi connectivity index (χ2n) is 10.7. The Morgan fingerprint density at radius 1 is 0.543 bits per heavy atom. The molecule has 0 radical (unpaired) electrons. The van der Waals surface area contributed by atoms with Crippen molar-refractivity contribution >= 4 is 23.9 Å². The zero-order valence-corrected chi connectivity index (χ0v) is 21.5. The largest absolute Gasteiger partial charge is 0.481 e. The molecule has 0 bridgehead atoms. The van der Waals surface area contributed by atoms with Gasteiger partial charge in [0.1, 0.15) is 0 Å². The summed E-state index contributed by atoms with van der Waals surface area (Å²) in [5.74, 6) is -4.66. The fourth-order valence-corrected chi connectivity index (χ4v) is 6.00. The lowest BCUT2D eigenvalue weighted by molar-refractivity contribution is -0.156. The first-order valence-corrected chi connectivity index (χ1v) is 13.5. The average Bonchev–Trinajstić information content (AvgIpc) is 3.02. The molecule has 1 aliphatic rings. The minimum Gasteiger partial charge on any atom is -0.481 e. The molecule has 1 aliphatic carbocycles. The van der Waals surface area contributed by atoms with Gasteiger partial charge >= 0.3 is 23.9 Å². The number of hydrogen-bond acceptors (Lipinski definition) is 4. The highest BCUT2D eigenvalue weighted by Crippen LogP contribution is 2.46. The highest BCUT2D eigenvalue weighted by Gasteiger charge is 2.37. The molecule has 0 amide bonds. The molecule has 4 N–H and O–H groups in total. The predicted molar refractivity (Wildman–Crippen MR) is 132 cm³/mol. The summed E-state index contributed by atoms with van der Waals surface area (Å²) in [7, 11) is 0. The molecular formula is C27H46O8. The van der Waals surface area contributed by atoms with Gasteiger partial charge in [-0.1, -0.05) is 78.1 Å². The molecule has 0 saturated heterocycles. The molecule has 8 nitrogen and oxygen atoms in total. The highest BCUT2D eigenvalue weighted by molar-refractivity contribution is 5.93. The maximum Gasteiger partial charge on any atom is 0.317 e. The van der Waals surface area contributed by atoms with Gasteiger partial charge in [-0.25, -0.2) is 0 Å². The van der Waals surface area contributed by atoms with E-state index in [2.05, 4.69) is 13.8 Å². The van der Waals surface area contributed by atoms with Crippen molar-refractivity contribution in [3.05, 3.63) is 0 Å². The molecule has 4 atom stereocenters. The van der Waals surface area contributed by atoms with Crippen molar-refractivity contribution in [3.63, 3.8) is 0 Å². The Bertz CT molecular complexity index is 592. The predicted octanol–water partition coefficient (Wildman–Crippen LogP) is 5.93. The van der Waals surface area contributed by atoms with E-state index in [0.29, 0.717) is 12.8 Å². The summed E-state index contributed by atoms with van der Waals surface area (Å²) in [6, 6.07) is 0. The summed E-state index contributed by atoms with van der Waals surface area (Å²) in [5, 5.41) is 35.7. The van der Waals surface area contributed by atoms with Crippen molar-refractivity contribution in [2.45, 2.75) is 110 Å². The third kappa shape index (κ3) is 11.4. The topological polar surface area (TPSA) is 149 Å². The van der Waals surface area contributed by atoms with E-state index in [1.807, 2.05) is 0 Å². The van der Waals surface area contributed by atoms with Crippen molar-refractivity contribution in [2.24, 2.45) is 35.5 Å². The van der Waals surface area contributed by atoms with Crippen molar-refractivity contribution in [2.75, 3.05) is 0 Å². The SMILES string of the molecule is CC1CC(C)C(CCCCCCCC(C(=O)O)C(=O)O)C1CCCCCCCC(C(=O)O)C(=O)O. The normalized spacial score (nSPS) is 22.1. The van der Waals surface area contributed by atoms with Crippen molar-refractivity contribution in [1.29, 1.82) is 0 Å². The fraction of sp³-hybridized carbons (Fsp3) is 0.852. The van der Waals surface area contributed by atoms with E-state index in [-0.39, 0.29) is 12.8 Å². The first-order valence-electron chi connectivity index (χ1n) is 13.5. The van der Waals surface area contributed by atoms with Crippen LogP contribution in [-0.4, -0.2) is 44.3 Å². The molecule has 8 heteroatoms. The van der Waals surface area contributed by atoms with Crippen LogP contribution in [0.3, 0.4) is 0 Å². The summed E-state index contributed by atoms with van der Waals surface area (Å²) < 4.78 is 0. The first-order chi connectivity index (χ1) is 16.6. The summed E-state index contributed by atoms with van der Waals surface area (Å²) in [6.07, 6.45) is 13.7. The highest BCUT2D eigenvalue weighted by atomic mass is 16.4. The lowest BCUT2D eigenvalue weighted by atomic mass is 9.80. The summed E-state index contributed by atoms with van der Waals surface area (Å²) in [5.41, 5.74) is 0. The van der Waals surface area contributed by atoms with Gasteiger partial charge in [0.25, 0.3) is 0 Å². The van der Waals surface area contributed by atoms with E-state index in [1.165, 1.54) is 19.3 Å². The maximum absolute atomic E-state index is 10.9. The minimum atomic E-state index is -1.29. The Labute approximate surface area is 209 Å². The quantitative estimate of drug-likeness (QED) is 0.119. The van der Waals surface area contributed by atoms with Crippen LogP contribution in [0, 0.1) is 35.5 Å². The third-order valence-corrected chi connectivity index (χ3v) is 8.01. The fourth-order valence-electron chi connectivity index (χ4n) is 6.00. The van der Waals surface area contributed by atoms with E-state index in [0.717, 1.165) is 75.0 Å². The molecular weight excluding hydrogens is 452 g/mol. The van der Waals surface area contributed by atoms with Crippen LogP contribution in [0.15, 0.2) is 0 Å². The third-order valence-electron chi connectivity index (χ3n) is 8.01. The molecule has 0 aromatic heterocycles. The molecule has 0 aliphatic heterocycles. The number of aliphatic carboxylic acids is 4. The lowest BCUT2D eigenvalue weighted by Crippen LogP contribution is -2.23. The number of hydrogen-bond donors (Lipinski definition) is 4. The summed E-state index contributed by atoms with van der Waals surface area (Å²) in [6.45, 7) is 4.72. The van der Waals surface area contributed by atoms with E-state index >= 15 is 0 Å². The number of rotatable bonds is 20. The number of unbranched alkanes of at least 4 members (excludes halogenated alkanes) is 8. The smallest absolute Gasteiger partial charge is 0.317 e. The molecule has 4 unspecified atom stereocenters. The van der Waals surface area contributed by atoms with E-state index in [4.69, 9.17) is 20.4 Å². The van der Waals surface area contributed by atoms with Gasteiger partial charge in [0, 0.05) is 0 Å². The molecule has 1 rings (SSSR count). The summed E-state index contributed by atoms with van der Waals surface area (Å²) >= 11 is 0. The Morgan fingerprint density at radius 2 is 0.829 bits per heavy atom. The average molecular weight is 499 g/mol. The van der Waals surface area contributed by atoms with Gasteiger partial charge in [0.15, 0.2) is 11.8 Å². The molecule has 0 spiro atoms. The number of carbonyl (C=O) groups is 4. The van der Waals surface area contributed by atoms with E-state index < -0.39 is 35.7 Å². The van der Waals surface area contributed by atoms with Crippen LogP contribution in [0.2, 0.25) is 0 Å².